The van der Waals surface area contributed by atoms with Crippen LogP contribution >= 0.6 is 0 Å². The maximum Gasteiger partial charge on any atom is 0.308 e. The van der Waals surface area contributed by atoms with Crippen LogP contribution in [0, 0.1) is 35.5 Å². The predicted octanol–water partition coefficient (Wildman–Crippen LogP) is 5.76. The van der Waals surface area contributed by atoms with E-state index >= 15 is 0 Å². The van der Waals surface area contributed by atoms with E-state index in [0.29, 0.717) is 0 Å². The van der Waals surface area contributed by atoms with E-state index in [2.05, 4.69) is 12.7 Å². The molecule has 2 heteroatoms. The second-order valence-electron chi connectivity index (χ2n) is 8.72. The van der Waals surface area contributed by atoms with Crippen LogP contribution < -0.4 is 0 Å². The van der Waals surface area contributed by atoms with Crippen LogP contribution in [0.3, 0.4) is 0 Å². The Morgan fingerprint density at radius 1 is 0.750 bits per heavy atom. The maximum absolute atomic E-state index is 11.7. The molecule has 0 spiro atoms. The summed E-state index contributed by atoms with van der Waals surface area (Å²) < 4.78 is 4.92. The van der Waals surface area contributed by atoms with Crippen LogP contribution in [0.4, 0.5) is 0 Å². The molecule has 0 aliphatic heterocycles. The molecule has 0 radical (unpaired) electrons. The minimum Gasteiger partial charge on any atom is -0.469 e. The quantitative estimate of drug-likeness (QED) is 0.483. The SMILES string of the molecule is C=C[C@H]1CC[C@H]([C@H]2CC[C@H]([C@H]3CC[C@H](C(=O)OC)CC3)CC2)CC1. The summed E-state index contributed by atoms with van der Waals surface area (Å²) in [7, 11) is 1.53. The smallest absolute Gasteiger partial charge is 0.308 e. The van der Waals surface area contributed by atoms with Gasteiger partial charge in [-0.25, -0.2) is 0 Å². The van der Waals surface area contributed by atoms with E-state index in [0.717, 1.165) is 42.4 Å². The van der Waals surface area contributed by atoms with Gasteiger partial charge in [-0.15, -0.1) is 6.58 Å². The number of allylic oxidation sites excluding steroid dienone is 1. The van der Waals surface area contributed by atoms with E-state index in [-0.39, 0.29) is 11.9 Å². The molecule has 3 rings (SSSR count). The monoisotopic (exact) mass is 332 g/mol. The Hall–Kier alpha value is -0.790. The zero-order valence-corrected chi connectivity index (χ0v) is 15.6. The van der Waals surface area contributed by atoms with E-state index < -0.39 is 0 Å². The fourth-order valence-electron chi connectivity index (χ4n) is 5.93. The van der Waals surface area contributed by atoms with Crippen molar-refractivity contribution in [3.8, 4) is 0 Å². The second kappa shape index (κ2) is 8.54. The lowest BCUT2D eigenvalue weighted by Gasteiger charge is -2.41. The molecule has 3 fully saturated rings. The Balaban J connectivity index is 1.40. The van der Waals surface area contributed by atoms with Crippen molar-refractivity contribution < 1.29 is 9.53 Å². The number of methoxy groups -OCH3 is 1. The molecule has 0 aromatic heterocycles. The zero-order chi connectivity index (χ0) is 16.9. The van der Waals surface area contributed by atoms with Gasteiger partial charge in [0.15, 0.2) is 0 Å². The number of hydrogen-bond donors (Lipinski definition) is 0. The molecule has 0 heterocycles. The first kappa shape index (κ1) is 18.0. The molecule has 3 aliphatic carbocycles. The summed E-state index contributed by atoms with van der Waals surface area (Å²) >= 11 is 0. The standard InChI is InChI=1S/C22H36O2/c1-3-16-4-6-17(7-5-16)18-8-10-19(11-9-18)20-12-14-21(15-13-20)22(23)24-2/h3,16-21H,1,4-15H2,2H3/t16-,17-,18-,19-,20-,21-. The van der Waals surface area contributed by atoms with Crippen LogP contribution in [-0.4, -0.2) is 13.1 Å². The average Bonchev–Trinajstić information content (AvgIpc) is 2.68. The topological polar surface area (TPSA) is 26.3 Å². The zero-order valence-electron chi connectivity index (χ0n) is 15.6. The first-order valence-corrected chi connectivity index (χ1v) is 10.4. The van der Waals surface area contributed by atoms with Gasteiger partial charge in [-0.1, -0.05) is 6.08 Å². The predicted molar refractivity (Wildman–Crippen MR) is 98.6 cm³/mol. The van der Waals surface area contributed by atoms with Crippen LogP contribution in [0.25, 0.3) is 0 Å². The van der Waals surface area contributed by atoms with E-state index in [9.17, 15) is 4.79 Å². The molecule has 0 aromatic carbocycles. The fourth-order valence-corrected chi connectivity index (χ4v) is 5.93. The molecule has 3 aliphatic rings. The highest BCUT2D eigenvalue weighted by molar-refractivity contribution is 5.72. The average molecular weight is 333 g/mol. The van der Waals surface area contributed by atoms with E-state index in [1.807, 2.05) is 0 Å². The molecule has 0 atom stereocenters. The lowest BCUT2D eigenvalue weighted by Crippen LogP contribution is -2.31. The Kier molecular flexibility index (Phi) is 6.41. The van der Waals surface area contributed by atoms with Crippen LogP contribution in [0.1, 0.15) is 77.0 Å². The number of ether oxygens (including phenoxy) is 1. The van der Waals surface area contributed by atoms with Gasteiger partial charge in [0.05, 0.1) is 13.0 Å². The molecule has 0 aromatic rings. The lowest BCUT2D eigenvalue weighted by atomic mass is 9.65. The van der Waals surface area contributed by atoms with Crippen LogP contribution in [0.2, 0.25) is 0 Å². The highest BCUT2D eigenvalue weighted by atomic mass is 16.5. The van der Waals surface area contributed by atoms with E-state index in [4.69, 9.17) is 4.74 Å². The number of carbonyl (C=O) groups is 1. The summed E-state index contributed by atoms with van der Waals surface area (Å²) in [6.07, 6.45) is 18.3. The number of carbonyl (C=O) groups excluding carboxylic acids is 1. The molecule has 24 heavy (non-hydrogen) atoms. The highest BCUT2D eigenvalue weighted by Gasteiger charge is 2.35. The van der Waals surface area contributed by atoms with Gasteiger partial charge in [0.2, 0.25) is 0 Å². The van der Waals surface area contributed by atoms with Gasteiger partial charge in [-0.3, -0.25) is 4.79 Å². The third kappa shape index (κ3) is 4.24. The largest absolute Gasteiger partial charge is 0.469 e. The Bertz CT molecular complexity index is 406. The van der Waals surface area contributed by atoms with Crippen molar-refractivity contribution in [1.29, 1.82) is 0 Å². The van der Waals surface area contributed by atoms with Crippen LogP contribution in [0.15, 0.2) is 12.7 Å². The van der Waals surface area contributed by atoms with E-state index in [1.54, 1.807) is 0 Å². The molecule has 3 saturated carbocycles. The van der Waals surface area contributed by atoms with Gasteiger partial charge < -0.3 is 4.74 Å². The van der Waals surface area contributed by atoms with E-state index in [1.165, 1.54) is 71.3 Å². The van der Waals surface area contributed by atoms with Gasteiger partial charge in [-0.05, 0) is 107 Å². The summed E-state index contributed by atoms with van der Waals surface area (Å²) in [6.45, 7) is 3.98. The highest BCUT2D eigenvalue weighted by Crippen LogP contribution is 2.46. The Morgan fingerprint density at radius 3 is 1.50 bits per heavy atom. The van der Waals surface area contributed by atoms with Crippen molar-refractivity contribution in [2.45, 2.75) is 77.0 Å². The Labute approximate surface area is 148 Å². The summed E-state index contributed by atoms with van der Waals surface area (Å²) in [5.74, 6) is 4.81. The molecular formula is C22H36O2. The van der Waals surface area contributed by atoms with Gasteiger partial charge in [0.1, 0.15) is 0 Å². The molecular weight excluding hydrogens is 296 g/mol. The van der Waals surface area contributed by atoms with Crippen molar-refractivity contribution in [3.05, 3.63) is 12.7 Å². The van der Waals surface area contributed by atoms with Gasteiger partial charge in [0.25, 0.3) is 0 Å². The number of rotatable bonds is 4. The van der Waals surface area contributed by atoms with Gasteiger partial charge in [-0.2, -0.15) is 0 Å². The molecule has 0 bridgehead atoms. The van der Waals surface area contributed by atoms with Crippen molar-refractivity contribution in [2.75, 3.05) is 7.11 Å². The third-order valence-electron chi connectivity index (χ3n) is 7.61. The molecule has 0 saturated heterocycles. The molecule has 0 unspecified atom stereocenters. The van der Waals surface area contributed by atoms with Crippen molar-refractivity contribution in [1.82, 2.24) is 0 Å². The number of hydrogen-bond acceptors (Lipinski definition) is 2. The second-order valence-corrected chi connectivity index (χ2v) is 8.72. The normalized spacial score (nSPS) is 40.7. The minimum absolute atomic E-state index is 0.0206. The van der Waals surface area contributed by atoms with Gasteiger partial charge >= 0.3 is 5.97 Å². The summed E-state index contributed by atoms with van der Waals surface area (Å²) in [5, 5.41) is 0. The molecule has 0 N–H and O–H groups in total. The van der Waals surface area contributed by atoms with Crippen molar-refractivity contribution in [2.24, 2.45) is 35.5 Å². The summed E-state index contributed by atoms with van der Waals surface area (Å²) in [4.78, 5) is 11.7. The summed E-state index contributed by atoms with van der Waals surface area (Å²) in [5.41, 5.74) is 0. The third-order valence-corrected chi connectivity index (χ3v) is 7.61. The molecule has 2 nitrogen and oxygen atoms in total. The molecule has 136 valence electrons. The minimum atomic E-state index is 0.0206. The summed E-state index contributed by atoms with van der Waals surface area (Å²) in [6, 6.07) is 0. The van der Waals surface area contributed by atoms with Crippen LogP contribution in [-0.2, 0) is 9.53 Å². The molecule has 0 amide bonds. The van der Waals surface area contributed by atoms with Crippen LogP contribution in [0.5, 0.6) is 0 Å². The number of esters is 1. The lowest BCUT2D eigenvalue weighted by molar-refractivity contribution is -0.147. The maximum atomic E-state index is 11.7. The van der Waals surface area contributed by atoms with Crippen molar-refractivity contribution >= 4 is 5.97 Å². The van der Waals surface area contributed by atoms with Gasteiger partial charge in [0, 0.05) is 0 Å². The first-order valence-electron chi connectivity index (χ1n) is 10.4. The fraction of sp³-hybridized carbons (Fsp3) is 0.864. The Morgan fingerprint density at radius 2 is 1.12 bits per heavy atom. The first-order chi connectivity index (χ1) is 11.7. The van der Waals surface area contributed by atoms with Crippen molar-refractivity contribution in [3.63, 3.8) is 0 Å².